The molecule has 0 saturated carbocycles. The molecule has 6 nitrogen and oxygen atoms in total. The second-order valence-corrected chi connectivity index (χ2v) is 4.27. The molecule has 3 aromatic rings. The molecule has 0 amide bonds. The normalized spacial score (nSPS) is 11.1. The van der Waals surface area contributed by atoms with Crippen molar-refractivity contribution >= 4 is 27.9 Å². The minimum absolute atomic E-state index is 0.0341. The third kappa shape index (κ3) is 1.90. The molecule has 0 bridgehead atoms. The first-order valence-corrected chi connectivity index (χ1v) is 6.30. The Hall–Kier alpha value is -2.47. The molecule has 0 saturated heterocycles. The molecule has 0 fully saturated rings. The van der Waals surface area contributed by atoms with Gasteiger partial charge in [-0.1, -0.05) is 18.2 Å². The molecule has 0 aliphatic heterocycles. The molecule has 0 aliphatic rings. The van der Waals surface area contributed by atoms with Crippen LogP contribution in [0, 0.1) is 0 Å². The van der Waals surface area contributed by atoms with Crippen LogP contribution >= 0.6 is 0 Å². The number of benzene rings is 1. The third-order valence-electron chi connectivity index (χ3n) is 3.03. The van der Waals surface area contributed by atoms with Crippen molar-refractivity contribution in [2.24, 2.45) is 0 Å². The number of esters is 1. The number of carbonyl (C=O) groups is 1. The monoisotopic (exact) mass is 271 g/mol. The lowest BCUT2D eigenvalue weighted by molar-refractivity contribution is 0.0512. The van der Waals surface area contributed by atoms with E-state index in [1.165, 1.54) is 0 Å². The van der Waals surface area contributed by atoms with E-state index in [0.717, 1.165) is 10.9 Å². The van der Waals surface area contributed by atoms with Crippen LogP contribution in [-0.2, 0) is 11.3 Å². The summed E-state index contributed by atoms with van der Waals surface area (Å²) in [6.45, 7) is 1.69. The molecule has 0 radical (unpaired) electrons. The van der Waals surface area contributed by atoms with E-state index in [9.17, 15) is 9.90 Å². The molecular formula is C14H13N3O3. The minimum atomic E-state index is -0.589. The van der Waals surface area contributed by atoms with Gasteiger partial charge in [-0.05, 0) is 13.0 Å². The first kappa shape index (κ1) is 12.6. The fourth-order valence-corrected chi connectivity index (χ4v) is 2.17. The Morgan fingerprint density at radius 2 is 2.15 bits per heavy atom. The van der Waals surface area contributed by atoms with Crippen LogP contribution in [0.1, 0.15) is 23.2 Å². The first-order valence-electron chi connectivity index (χ1n) is 6.30. The van der Waals surface area contributed by atoms with E-state index in [0.29, 0.717) is 16.7 Å². The molecule has 102 valence electrons. The van der Waals surface area contributed by atoms with Crippen LogP contribution in [0.2, 0.25) is 0 Å². The summed E-state index contributed by atoms with van der Waals surface area (Å²) in [5, 5.41) is 10.3. The zero-order valence-corrected chi connectivity index (χ0v) is 10.9. The number of nitrogens with zero attached hydrogens (tertiary/aromatic N) is 2. The van der Waals surface area contributed by atoms with Crippen LogP contribution in [0.5, 0.6) is 0 Å². The summed E-state index contributed by atoms with van der Waals surface area (Å²) in [6, 6.07) is 7.59. The highest BCUT2D eigenvalue weighted by molar-refractivity contribution is 6.06. The fourth-order valence-electron chi connectivity index (χ4n) is 2.17. The highest BCUT2D eigenvalue weighted by Crippen LogP contribution is 2.25. The summed E-state index contributed by atoms with van der Waals surface area (Å²) in [5.74, 6) is -0.623. The number of ether oxygens (including phenoxy) is 1. The van der Waals surface area contributed by atoms with E-state index in [2.05, 4.69) is 15.0 Å². The van der Waals surface area contributed by atoms with E-state index in [1.54, 1.807) is 6.92 Å². The number of nitrogens with one attached hydrogen (secondary N) is 1. The van der Waals surface area contributed by atoms with Gasteiger partial charge in [0, 0.05) is 10.9 Å². The summed E-state index contributed by atoms with van der Waals surface area (Å²) >= 11 is 0. The van der Waals surface area contributed by atoms with Crippen molar-refractivity contribution in [2.75, 3.05) is 6.61 Å². The van der Waals surface area contributed by atoms with E-state index in [4.69, 9.17) is 4.74 Å². The summed E-state index contributed by atoms with van der Waals surface area (Å²) < 4.78 is 4.91. The van der Waals surface area contributed by atoms with E-state index < -0.39 is 5.97 Å². The van der Waals surface area contributed by atoms with E-state index in [-0.39, 0.29) is 19.0 Å². The van der Waals surface area contributed by atoms with Gasteiger partial charge in [-0.25, -0.2) is 14.8 Å². The Labute approximate surface area is 114 Å². The quantitative estimate of drug-likeness (QED) is 0.709. The Bertz CT molecular complexity index is 795. The molecular weight excluding hydrogens is 258 g/mol. The van der Waals surface area contributed by atoms with Crippen molar-refractivity contribution in [3.63, 3.8) is 0 Å². The van der Waals surface area contributed by atoms with Gasteiger partial charge in [0.2, 0.25) is 5.82 Å². The van der Waals surface area contributed by atoms with Crippen LogP contribution in [0.3, 0.4) is 0 Å². The molecule has 2 N–H and O–H groups in total. The topological polar surface area (TPSA) is 88.1 Å². The zero-order chi connectivity index (χ0) is 14.1. The number of fused-ring (bicyclic) bond motifs is 3. The van der Waals surface area contributed by atoms with Crippen LogP contribution in [0.25, 0.3) is 21.9 Å². The van der Waals surface area contributed by atoms with Crippen LogP contribution in [0.15, 0.2) is 24.3 Å². The molecule has 3 rings (SSSR count). The smallest absolute Gasteiger partial charge is 0.376 e. The second-order valence-electron chi connectivity index (χ2n) is 4.27. The average Bonchev–Trinajstić information content (AvgIpc) is 2.85. The number of aliphatic hydroxyl groups excluding tert-OH is 1. The molecule has 0 atom stereocenters. The highest BCUT2D eigenvalue weighted by atomic mass is 16.5. The van der Waals surface area contributed by atoms with Gasteiger partial charge in [0.25, 0.3) is 0 Å². The van der Waals surface area contributed by atoms with Crippen molar-refractivity contribution < 1.29 is 14.6 Å². The van der Waals surface area contributed by atoms with Gasteiger partial charge in [-0.3, -0.25) is 0 Å². The maximum Gasteiger partial charge on any atom is 0.376 e. The third-order valence-corrected chi connectivity index (χ3v) is 3.03. The predicted molar refractivity (Wildman–Crippen MR) is 73.3 cm³/mol. The number of H-pyrrole nitrogens is 1. The lowest BCUT2D eigenvalue weighted by atomic mass is 10.2. The van der Waals surface area contributed by atoms with Crippen molar-refractivity contribution in [1.82, 2.24) is 15.0 Å². The van der Waals surface area contributed by atoms with Crippen molar-refractivity contribution in [2.45, 2.75) is 13.5 Å². The Morgan fingerprint density at radius 3 is 2.90 bits per heavy atom. The molecule has 0 spiro atoms. The largest absolute Gasteiger partial charge is 0.460 e. The van der Waals surface area contributed by atoms with Crippen molar-refractivity contribution in [1.29, 1.82) is 0 Å². The summed E-state index contributed by atoms with van der Waals surface area (Å²) in [6.07, 6.45) is 0. The first-order chi connectivity index (χ1) is 9.74. The molecule has 0 aliphatic carbocycles. The highest BCUT2D eigenvalue weighted by Gasteiger charge is 2.17. The molecule has 1 aromatic carbocycles. The average molecular weight is 271 g/mol. The van der Waals surface area contributed by atoms with Crippen LogP contribution in [-0.4, -0.2) is 32.6 Å². The Balaban J connectivity index is 2.30. The summed E-state index contributed by atoms with van der Waals surface area (Å²) in [5.41, 5.74) is 2.52. The number of hydrogen-bond donors (Lipinski definition) is 2. The fraction of sp³-hybridized carbons (Fsp3) is 0.214. The van der Waals surface area contributed by atoms with Gasteiger partial charge in [0.05, 0.1) is 24.4 Å². The number of para-hydroxylation sites is 1. The second kappa shape index (κ2) is 4.90. The predicted octanol–water partition coefficient (Wildman–Crippen LogP) is 1.78. The maximum atomic E-state index is 11.8. The minimum Gasteiger partial charge on any atom is -0.460 e. The van der Waals surface area contributed by atoms with Gasteiger partial charge >= 0.3 is 5.97 Å². The van der Waals surface area contributed by atoms with Crippen molar-refractivity contribution in [3.8, 4) is 0 Å². The summed E-state index contributed by atoms with van der Waals surface area (Å²) in [4.78, 5) is 23.3. The molecule has 2 heterocycles. The molecule has 20 heavy (non-hydrogen) atoms. The van der Waals surface area contributed by atoms with Gasteiger partial charge in [-0.15, -0.1) is 0 Å². The zero-order valence-electron chi connectivity index (χ0n) is 10.9. The Morgan fingerprint density at radius 1 is 1.35 bits per heavy atom. The molecule has 6 heteroatoms. The Kier molecular flexibility index (Phi) is 3.08. The van der Waals surface area contributed by atoms with E-state index >= 15 is 0 Å². The number of aromatic amines is 1. The van der Waals surface area contributed by atoms with Crippen LogP contribution in [0.4, 0.5) is 0 Å². The lowest BCUT2D eigenvalue weighted by Crippen LogP contribution is -2.11. The molecule has 2 aromatic heterocycles. The summed E-state index contributed by atoms with van der Waals surface area (Å²) in [7, 11) is 0. The lowest BCUT2D eigenvalue weighted by Gasteiger charge is -2.03. The van der Waals surface area contributed by atoms with Crippen LogP contribution < -0.4 is 0 Å². The van der Waals surface area contributed by atoms with Gasteiger partial charge in [-0.2, -0.15) is 0 Å². The van der Waals surface area contributed by atoms with Crippen molar-refractivity contribution in [3.05, 3.63) is 35.8 Å². The van der Waals surface area contributed by atoms with E-state index in [1.807, 2.05) is 24.3 Å². The number of aliphatic hydroxyl groups is 1. The maximum absolute atomic E-state index is 11.8. The standard InChI is InChI=1S/C14H13N3O3/c1-2-20-14(19)13-16-10(7-18)12-11(17-13)8-5-3-4-6-9(8)15-12/h3-6,15,18H,2,7H2,1H3. The SMILES string of the molecule is CCOC(=O)c1nc(CO)c2[nH]c3ccccc3c2n1. The van der Waals surface area contributed by atoms with Gasteiger partial charge < -0.3 is 14.8 Å². The number of rotatable bonds is 3. The van der Waals surface area contributed by atoms with Gasteiger partial charge in [0.15, 0.2) is 0 Å². The number of aromatic nitrogens is 3. The van der Waals surface area contributed by atoms with Gasteiger partial charge in [0.1, 0.15) is 5.52 Å². The number of carbonyl (C=O) groups excluding carboxylic acids is 1. The number of hydrogen-bond acceptors (Lipinski definition) is 5. The molecule has 0 unspecified atom stereocenters.